The lowest BCUT2D eigenvalue weighted by molar-refractivity contribution is -0.133. The molecule has 0 fully saturated rings. The molecule has 2 amide bonds. The number of rotatable bonds is 9. The number of halogens is 1. The fourth-order valence-corrected chi connectivity index (χ4v) is 3.28. The smallest absolute Gasteiger partial charge is 0.338 e. The van der Waals surface area contributed by atoms with E-state index in [1.165, 1.54) is 41.5 Å². The van der Waals surface area contributed by atoms with E-state index in [1.807, 2.05) is 6.07 Å². The van der Waals surface area contributed by atoms with Gasteiger partial charge in [0.15, 0.2) is 24.7 Å². The van der Waals surface area contributed by atoms with Gasteiger partial charge in [-0.1, -0.05) is 11.6 Å². The van der Waals surface area contributed by atoms with Crippen molar-refractivity contribution in [3.63, 3.8) is 0 Å². The molecule has 2 N–H and O–H groups in total. The highest BCUT2D eigenvalue weighted by Crippen LogP contribution is 2.28. The highest BCUT2D eigenvalue weighted by atomic mass is 35.5. The number of nitrogens with zero attached hydrogens (tertiary/aromatic N) is 1. The van der Waals surface area contributed by atoms with E-state index in [0.717, 1.165) is 4.88 Å². The Morgan fingerprint density at radius 2 is 1.89 bits per heavy atom. The zero-order valence-corrected chi connectivity index (χ0v) is 16.8. The maximum atomic E-state index is 12.2. The molecule has 0 aliphatic rings. The normalized spacial score (nSPS) is 10.2. The quantitative estimate of drug-likeness (QED) is 0.615. The van der Waals surface area contributed by atoms with E-state index in [-0.39, 0.29) is 29.6 Å². The molecule has 0 aliphatic carbocycles. The van der Waals surface area contributed by atoms with Crippen LogP contribution in [0.3, 0.4) is 0 Å². The number of carbonyl (C=O) groups is 3. The first-order valence-electron chi connectivity index (χ1n) is 8.04. The number of primary amides is 1. The van der Waals surface area contributed by atoms with Gasteiger partial charge in [-0.2, -0.15) is 0 Å². The molecule has 0 bridgehead atoms. The predicted molar refractivity (Wildman–Crippen MR) is 104 cm³/mol. The molecule has 0 saturated heterocycles. The van der Waals surface area contributed by atoms with Crippen LogP contribution in [0.15, 0.2) is 30.3 Å². The second-order valence-corrected chi connectivity index (χ2v) is 7.45. The van der Waals surface area contributed by atoms with Crippen LogP contribution in [0.25, 0.3) is 0 Å². The molecule has 2 aromatic rings. The van der Waals surface area contributed by atoms with E-state index in [1.54, 1.807) is 13.1 Å². The first-order valence-corrected chi connectivity index (χ1v) is 9.24. The molecule has 0 saturated carbocycles. The summed E-state index contributed by atoms with van der Waals surface area (Å²) >= 11 is 7.24. The number of likely N-dealkylation sites (N-methyl/N-ethyl adjacent to an activating group) is 1. The average Bonchev–Trinajstić information content (AvgIpc) is 3.08. The molecule has 1 aromatic carbocycles. The number of benzene rings is 1. The molecule has 28 heavy (non-hydrogen) atoms. The summed E-state index contributed by atoms with van der Waals surface area (Å²) in [6.07, 6.45) is 0. The number of carbonyl (C=O) groups excluding carboxylic acids is 3. The summed E-state index contributed by atoms with van der Waals surface area (Å²) in [7, 11) is 2.99. The molecule has 1 heterocycles. The van der Waals surface area contributed by atoms with Gasteiger partial charge in [-0.3, -0.25) is 9.59 Å². The lowest BCUT2D eigenvalue weighted by Gasteiger charge is -2.16. The lowest BCUT2D eigenvalue weighted by Crippen LogP contribution is -2.30. The number of hydrogen-bond donors (Lipinski definition) is 1. The van der Waals surface area contributed by atoms with Crippen LogP contribution >= 0.6 is 22.9 Å². The molecule has 10 heteroatoms. The summed E-state index contributed by atoms with van der Waals surface area (Å²) in [6, 6.07) is 7.86. The first kappa shape index (κ1) is 21.5. The first-order chi connectivity index (χ1) is 13.3. The largest absolute Gasteiger partial charge is 0.493 e. The number of methoxy groups -OCH3 is 1. The fourth-order valence-electron chi connectivity index (χ4n) is 2.14. The maximum Gasteiger partial charge on any atom is 0.338 e. The van der Waals surface area contributed by atoms with Crippen molar-refractivity contribution in [2.45, 2.75) is 6.54 Å². The van der Waals surface area contributed by atoms with Crippen molar-refractivity contribution in [1.82, 2.24) is 4.90 Å². The van der Waals surface area contributed by atoms with E-state index in [9.17, 15) is 14.4 Å². The van der Waals surface area contributed by atoms with E-state index >= 15 is 0 Å². The second-order valence-electron chi connectivity index (χ2n) is 5.65. The maximum absolute atomic E-state index is 12.2. The molecular formula is C18H19ClN2O6S. The van der Waals surface area contributed by atoms with Gasteiger partial charge in [-0.25, -0.2) is 4.79 Å². The van der Waals surface area contributed by atoms with Crippen LogP contribution in [0.2, 0.25) is 4.34 Å². The van der Waals surface area contributed by atoms with Crippen LogP contribution in [0.4, 0.5) is 0 Å². The SMILES string of the molecule is COc1cc(C(=O)OCC(=O)N(C)Cc2ccc(Cl)s2)ccc1OCC(N)=O. The average molecular weight is 427 g/mol. The number of ether oxygens (including phenoxy) is 3. The van der Waals surface area contributed by atoms with Gasteiger partial charge in [0.1, 0.15) is 0 Å². The van der Waals surface area contributed by atoms with Gasteiger partial charge < -0.3 is 24.8 Å². The molecule has 0 spiro atoms. The Balaban J connectivity index is 1.92. The molecule has 2 rings (SSSR count). The van der Waals surface area contributed by atoms with E-state index in [2.05, 4.69) is 0 Å². The Morgan fingerprint density at radius 3 is 2.50 bits per heavy atom. The summed E-state index contributed by atoms with van der Waals surface area (Å²) in [6.45, 7) is -0.360. The number of esters is 1. The van der Waals surface area contributed by atoms with Crippen LogP contribution in [0, 0.1) is 0 Å². The summed E-state index contributed by atoms with van der Waals surface area (Å²) in [5.74, 6) is -1.21. The predicted octanol–water partition coefficient (Wildman–Crippen LogP) is 2.09. The third-order valence-corrected chi connectivity index (χ3v) is 4.76. The van der Waals surface area contributed by atoms with Gasteiger partial charge in [-0.15, -0.1) is 11.3 Å². The Hall–Kier alpha value is -2.78. The third kappa shape index (κ3) is 6.14. The molecule has 0 radical (unpaired) electrons. The van der Waals surface area contributed by atoms with Gasteiger partial charge in [-0.05, 0) is 30.3 Å². The lowest BCUT2D eigenvalue weighted by atomic mass is 10.2. The van der Waals surface area contributed by atoms with Crippen molar-refractivity contribution in [2.75, 3.05) is 27.4 Å². The van der Waals surface area contributed by atoms with Crippen LogP contribution in [-0.4, -0.2) is 50.1 Å². The number of thiophene rings is 1. The number of hydrogen-bond acceptors (Lipinski definition) is 7. The van der Waals surface area contributed by atoms with Gasteiger partial charge in [0.2, 0.25) is 0 Å². The van der Waals surface area contributed by atoms with Gasteiger partial charge in [0.05, 0.1) is 23.6 Å². The minimum Gasteiger partial charge on any atom is -0.493 e. The summed E-state index contributed by atoms with van der Waals surface area (Å²) in [5, 5.41) is 0. The van der Waals surface area contributed by atoms with Gasteiger partial charge in [0.25, 0.3) is 11.8 Å². The molecular weight excluding hydrogens is 408 g/mol. The minimum absolute atomic E-state index is 0.170. The zero-order chi connectivity index (χ0) is 20.7. The molecule has 150 valence electrons. The third-order valence-electron chi connectivity index (χ3n) is 3.54. The molecule has 0 aliphatic heterocycles. The van der Waals surface area contributed by atoms with E-state index in [4.69, 9.17) is 31.5 Å². The Labute approximate surface area is 170 Å². The number of nitrogens with two attached hydrogens (primary N) is 1. The molecule has 0 atom stereocenters. The summed E-state index contributed by atoms with van der Waals surface area (Å²) in [4.78, 5) is 37.5. The monoisotopic (exact) mass is 426 g/mol. The van der Waals surface area contributed by atoms with E-state index in [0.29, 0.717) is 10.9 Å². The topological polar surface area (TPSA) is 108 Å². The summed E-state index contributed by atoms with van der Waals surface area (Å²) in [5.41, 5.74) is 5.20. The van der Waals surface area contributed by atoms with Crippen LogP contribution in [-0.2, 0) is 20.9 Å². The molecule has 1 aromatic heterocycles. The van der Waals surface area contributed by atoms with E-state index < -0.39 is 18.5 Å². The highest BCUT2D eigenvalue weighted by Gasteiger charge is 2.16. The van der Waals surface area contributed by atoms with Crippen LogP contribution in [0.1, 0.15) is 15.2 Å². The molecule has 0 unspecified atom stereocenters. The van der Waals surface area contributed by atoms with Gasteiger partial charge in [0, 0.05) is 11.9 Å². The second kappa shape index (κ2) is 9.95. The van der Waals surface area contributed by atoms with Gasteiger partial charge >= 0.3 is 5.97 Å². The Bertz CT molecular complexity index is 870. The highest BCUT2D eigenvalue weighted by molar-refractivity contribution is 7.16. The minimum atomic E-state index is -0.694. The van der Waals surface area contributed by atoms with Crippen molar-refractivity contribution >= 4 is 40.7 Å². The Morgan fingerprint density at radius 1 is 1.14 bits per heavy atom. The zero-order valence-electron chi connectivity index (χ0n) is 15.3. The van der Waals surface area contributed by atoms with Crippen LogP contribution in [0.5, 0.6) is 11.5 Å². The van der Waals surface area contributed by atoms with Crippen molar-refractivity contribution in [3.05, 3.63) is 45.1 Å². The van der Waals surface area contributed by atoms with Crippen molar-refractivity contribution < 1.29 is 28.6 Å². The molecule has 8 nitrogen and oxygen atoms in total. The van der Waals surface area contributed by atoms with Crippen molar-refractivity contribution in [1.29, 1.82) is 0 Å². The summed E-state index contributed by atoms with van der Waals surface area (Å²) < 4.78 is 16.0. The van der Waals surface area contributed by atoms with Crippen LogP contribution < -0.4 is 15.2 Å². The van der Waals surface area contributed by atoms with Crippen molar-refractivity contribution in [3.8, 4) is 11.5 Å². The fraction of sp³-hybridized carbons (Fsp3) is 0.278. The van der Waals surface area contributed by atoms with Crippen molar-refractivity contribution in [2.24, 2.45) is 5.73 Å². The standard InChI is InChI=1S/C18H19ClN2O6S/c1-21(8-12-4-6-15(19)28-12)17(23)10-27-18(24)11-3-5-13(14(7-11)25-2)26-9-16(20)22/h3-7H,8-10H2,1-2H3,(H2,20,22). The Kier molecular flexibility index (Phi) is 7.65. The number of amides is 2.